The lowest BCUT2D eigenvalue weighted by molar-refractivity contribution is -0.118. The van der Waals surface area contributed by atoms with Crippen molar-refractivity contribution in [1.29, 1.82) is 0 Å². The van der Waals surface area contributed by atoms with Gasteiger partial charge in [0.05, 0.1) is 6.04 Å². The Kier molecular flexibility index (Phi) is 5.83. The van der Waals surface area contributed by atoms with Crippen LogP contribution in [0.2, 0.25) is 0 Å². The zero-order chi connectivity index (χ0) is 16.1. The molecule has 1 aliphatic rings. The molecule has 6 heteroatoms. The Labute approximate surface area is 138 Å². The third kappa shape index (κ3) is 4.22. The molecule has 1 saturated heterocycles. The van der Waals surface area contributed by atoms with Crippen LogP contribution in [0.15, 0.2) is 28.7 Å². The second-order valence-electron chi connectivity index (χ2n) is 5.47. The number of benzene rings is 1. The molecule has 0 radical (unpaired) electrons. The Morgan fingerprint density at radius 3 is 2.68 bits per heavy atom. The summed E-state index contributed by atoms with van der Waals surface area (Å²) in [4.78, 5) is 24.9. The average molecular weight is 369 g/mol. The first-order valence-corrected chi connectivity index (χ1v) is 8.31. The molecule has 5 nitrogen and oxygen atoms in total. The normalized spacial score (nSPS) is 19.6. The summed E-state index contributed by atoms with van der Waals surface area (Å²) >= 11 is 3.42. The van der Waals surface area contributed by atoms with Crippen LogP contribution in [0, 0.1) is 0 Å². The molecule has 0 spiro atoms. The minimum Gasteiger partial charge on any atom is -0.446 e. The van der Waals surface area contributed by atoms with Gasteiger partial charge in [-0.05, 0) is 30.5 Å². The van der Waals surface area contributed by atoms with E-state index in [0.717, 1.165) is 22.9 Å². The van der Waals surface area contributed by atoms with Gasteiger partial charge in [0, 0.05) is 23.9 Å². The molecule has 2 amide bonds. The molecular weight excluding hydrogens is 348 g/mol. The third-order valence-electron chi connectivity index (χ3n) is 3.92. The van der Waals surface area contributed by atoms with Gasteiger partial charge in [-0.2, -0.15) is 0 Å². The molecule has 2 unspecified atom stereocenters. The molecule has 1 fully saturated rings. The quantitative estimate of drug-likeness (QED) is 0.836. The Hall–Kier alpha value is -1.56. The number of carbonyl (C=O) groups is 2. The first-order chi connectivity index (χ1) is 10.5. The number of hydrogen-bond donors (Lipinski definition) is 1. The summed E-state index contributed by atoms with van der Waals surface area (Å²) in [6.07, 6.45) is 1.79. The topological polar surface area (TPSA) is 72.6 Å². The third-order valence-corrected chi connectivity index (χ3v) is 4.45. The largest absolute Gasteiger partial charge is 0.446 e. The number of nitrogens with zero attached hydrogens (tertiary/aromatic N) is 1. The molecule has 2 rings (SSSR count). The second-order valence-corrected chi connectivity index (χ2v) is 6.38. The van der Waals surface area contributed by atoms with E-state index in [1.807, 2.05) is 24.3 Å². The number of amides is 2. The van der Waals surface area contributed by atoms with E-state index < -0.39 is 0 Å². The number of halogens is 1. The van der Waals surface area contributed by atoms with E-state index in [1.165, 1.54) is 0 Å². The van der Waals surface area contributed by atoms with E-state index in [4.69, 9.17) is 10.5 Å². The number of hydrogen-bond acceptors (Lipinski definition) is 3. The van der Waals surface area contributed by atoms with Crippen molar-refractivity contribution in [2.45, 2.75) is 44.8 Å². The molecule has 1 heterocycles. The van der Waals surface area contributed by atoms with E-state index in [0.29, 0.717) is 13.0 Å². The Morgan fingerprint density at radius 2 is 2.14 bits per heavy atom. The number of nitrogens with two attached hydrogens (primary N) is 1. The number of ether oxygens (including phenoxy) is 1. The van der Waals surface area contributed by atoms with Gasteiger partial charge in [-0.15, -0.1) is 0 Å². The van der Waals surface area contributed by atoms with Gasteiger partial charge in [0.25, 0.3) is 0 Å². The van der Waals surface area contributed by atoms with Gasteiger partial charge in [-0.25, -0.2) is 4.79 Å². The van der Waals surface area contributed by atoms with Crippen LogP contribution in [-0.4, -0.2) is 29.5 Å². The van der Waals surface area contributed by atoms with Crippen molar-refractivity contribution in [3.05, 3.63) is 34.3 Å². The van der Waals surface area contributed by atoms with E-state index in [2.05, 4.69) is 22.9 Å². The molecule has 120 valence electrons. The molecule has 0 aromatic heterocycles. The van der Waals surface area contributed by atoms with Crippen molar-refractivity contribution in [2.24, 2.45) is 5.73 Å². The molecule has 0 aliphatic carbocycles. The van der Waals surface area contributed by atoms with E-state index in [9.17, 15) is 9.59 Å². The highest BCUT2D eigenvalue weighted by Gasteiger charge is 2.32. The lowest BCUT2D eigenvalue weighted by Crippen LogP contribution is -2.44. The van der Waals surface area contributed by atoms with Gasteiger partial charge in [-0.1, -0.05) is 35.0 Å². The number of primary amides is 1. The molecule has 0 saturated carbocycles. The second kappa shape index (κ2) is 7.63. The minimum absolute atomic E-state index is 0.0118. The lowest BCUT2D eigenvalue weighted by atomic mass is 10.0. The van der Waals surface area contributed by atoms with Crippen molar-refractivity contribution >= 4 is 27.9 Å². The van der Waals surface area contributed by atoms with Gasteiger partial charge in [0.2, 0.25) is 5.91 Å². The SMILES string of the molecule is CCC(c1ccc(Br)cc1)N1CCC(CCC(N)=O)OC1=O. The fraction of sp³-hybridized carbons (Fsp3) is 0.500. The summed E-state index contributed by atoms with van der Waals surface area (Å²) in [5.74, 6) is -0.361. The molecular formula is C16H21BrN2O3. The fourth-order valence-corrected chi connectivity index (χ4v) is 3.02. The van der Waals surface area contributed by atoms with Crippen LogP contribution in [0.5, 0.6) is 0 Å². The van der Waals surface area contributed by atoms with E-state index in [-0.39, 0.29) is 30.6 Å². The molecule has 1 aromatic carbocycles. The van der Waals surface area contributed by atoms with E-state index >= 15 is 0 Å². The van der Waals surface area contributed by atoms with Crippen LogP contribution < -0.4 is 5.73 Å². The summed E-state index contributed by atoms with van der Waals surface area (Å²) in [5.41, 5.74) is 6.23. The number of cyclic esters (lactones) is 1. The first-order valence-electron chi connectivity index (χ1n) is 7.52. The zero-order valence-electron chi connectivity index (χ0n) is 12.6. The summed E-state index contributed by atoms with van der Waals surface area (Å²) in [7, 11) is 0. The van der Waals surface area contributed by atoms with Crippen LogP contribution >= 0.6 is 15.9 Å². The Balaban J connectivity index is 2.01. The molecule has 1 aliphatic heterocycles. The average Bonchev–Trinajstić information content (AvgIpc) is 2.49. The van der Waals surface area contributed by atoms with Crippen molar-refractivity contribution in [3.63, 3.8) is 0 Å². The summed E-state index contributed by atoms with van der Waals surface area (Å²) in [6, 6.07) is 8.00. The maximum absolute atomic E-state index is 12.3. The van der Waals surface area contributed by atoms with Crippen molar-refractivity contribution < 1.29 is 14.3 Å². The van der Waals surface area contributed by atoms with Gasteiger partial charge >= 0.3 is 6.09 Å². The van der Waals surface area contributed by atoms with Crippen molar-refractivity contribution in [2.75, 3.05) is 6.54 Å². The van der Waals surface area contributed by atoms with Crippen LogP contribution in [0.1, 0.15) is 44.2 Å². The van der Waals surface area contributed by atoms with Gasteiger partial charge in [-0.3, -0.25) is 4.79 Å². The Morgan fingerprint density at radius 1 is 1.45 bits per heavy atom. The van der Waals surface area contributed by atoms with Crippen molar-refractivity contribution in [3.8, 4) is 0 Å². The maximum Gasteiger partial charge on any atom is 0.410 e. The van der Waals surface area contributed by atoms with Gasteiger partial charge in [0.15, 0.2) is 0 Å². The number of carbonyl (C=O) groups excluding carboxylic acids is 2. The maximum atomic E-state index is 12.3. The highest BCUT2D eigenvalue weighted by molar-refractivity contribution is 9.10. The minimum atomic E-state index is -0.361. The predicted octanol–water partition coefficient (Wildman–Crippen LogP) is 3.38. The van der Waals surface area contributed by atoms with Gasteiger partial charge in [0.1, 0.15) is 6.10 Å². The highest BCUT2D eigenvalue weighted by Crippen LogP contribution is 2.29. The zero-order valence-corrected chi connectivity index (χ0v) is 14.2. The van der Waals surface area contributed by atoms with Crippen molar-refractivity contribution in [1.82, 2.24) is 4.90 Å². The summed E-state index contributed by atoms with van der Waals surface area (Å²) in [5, 5.41) is 0. The standard InChI is InChI=1S/C16H21BrN2O3/c1-2-14(11-3-5-12(17)6-4-11)19-10-9-13(22-16(19)21)7-8-15(18)20/h3-6,13-14H,2,7-10H2,1H3,(H2,18,20). The molecule has 22 heavy (non-hydrogen) atoms. The number of rotatable bonds is 6. The van der Waals surface area contributed by atoms with Gasteiger partial charge < -0.3 is 15.4 Å². The van der Waals surface area contributed by atoms with Crippen LogP contribution in [-0.2, 0) is 9.53 Å². The first kappa shape index (κ1) is 16.8. The van der Waals surface area contributed by atoms with Crippen LogP contribution in [0.3, 0.4) is 0 Å². The summed E-state index contributed by atoms with van der Waals surface area (Å²) in [6.45, 7) is 2.69. The van der Waals surface area contributed by atoms with E-state index in [1.54, 1.807) is 4.90 Å². The predicted molar refractivity (Wildman–Crippen MR) is 87.2 cm³/mol. The van der Waals surface area contributed by atoms with Crippen LogP contribution in [0.4, 0.5) is 4.79 Å². The molecule has 1 aromatic rings. The lowest BCUT2D eigenvalue weighted by Gasteiger charge is -2.37. The monoisotopic (exact) mass is 368 g/mol. The molecule has 0 bridgehead atoms. The smallest absolute Gasteiger partial charge is 0.410 e. The highest BCUT2D eigenvalue weighted by atomic mass is 79.9. The Bertz CT molecular complexity index is 533. The molecule has 2 atom stereocenters. The summed E-state index contributed by atoms with van der Waals surface area (Å²) < 4.78 is 6.46. The fourth-order valence-electron chi connectivity index (χ4n) is 2.75. The van der Waals surface area contributed by atoms with Crippen LogP contribution in [0.25, 0.3) is 0 Å². The molecule has 2 N–H and O–H groups in total.